The van der Waals surface area contributed by atoms with Crippen LogP contribution in [0.2, 0.25) is 0 Å². The van der Waals surface area contributed by atoms with E-state index in [-0.39, 0.29) is 17.7 Å². The second-order valence-electron chi connectivity index (χ2n) is 8.72. The summed E-state index contributed by atoms with van der Waals surface area (Å²) in [6, 6.07) is 11.2. The van der Waals surface area contributed by atoms with Crippen LogP contribution >= 0.6 is 0 Å². The molecule has 0 spiro atoms. The molecule has 0 atom stereocenters. The molecule has 0 unspecified atom stereocenters. The monoisotopic (exact) mass is 531 g/mol. The highest BCUT2D eigenvalue weighted by molar-refractivity contribution is 6.04. The zero-order chi connectivity index (χ0) is 27.1. The number of carbonyl (C=O) groups excluding carboxylic acids is 2. The number of piperazine rings is 1. The molecular formula is C26H28F3N5O4. The lowest BCUT2D eigenvalue weighted by Gasteiger charge is -2.34. The molecular weight excluding hydrogens is 503 g/mol. The van der Waals surface area contributed by atoms with E-state index >= 15 is 0 Å². The summed E-state index contributed by atoms with van der Waals surface area (Å²) in [5.74, 6) is -2.23. The minimum Gasteiger partial charge on any atom is -0.449 e. The van der Waals surface area contributed by atoms with Gasteiger partial charge >= 0.3 is 12.3 Å². The number of anilines is 2. The highest BCUT2D eigenvalue weighted by Crippen LogP contribution is 2.35. The molecule has 1 aliphatic rings. The Morgan fingerprint density at radius 3 is 2.42 bits per heavy atom. The number of pyridine rings is 1. The Morgan fingerprint density at radius 1 is 1.05 bits per heavy atom. The van der Waals surface area contributed by atoms with E-state index in [1.54, 1.807) is 35.2 Å². The largest absolute Gasteiger partial charge is 0.452 e. The zero-order valence-electron chi connectivity index (χ0n) is 20.8. The van der Waals surface area contributed by atoms with Crippen LogP contribution < -0.4 is 10.2 Å². The summed E-state index contributed by atoms with van der Waals surface area (Å²) in [5.41, 5.74) is -0.350. The molecule has 1 aliphatic heterocycles. The molecule has 1 saturated heterocycles. The molecule has 4 rings (SSSR count). The Labute approximate surface area is 217 Å². The number of amides is 2. The maximum atomic E-state index is 13.5. The van der Waals surface area contributed by atoms with Gasteiger partial charge in [-0.2, -0.15) is 13.2 Å². The number of benzene rings is 1. The minimum atomic E-state index is -4.90. The molecule has 0 aliphatic carbocycles. The van der Waals surface area contributed by atoms with Gasteiger partial charge in [-0.25, -0.2) is 14.8 Å². The number of nitrogens with zero attached hydrogens (tertiary/aromatic N) is 4. The molecule has 3 heterocycles. The lowest BCUT2D eigenvalue weighted by atomic mass is 10.2. The van der Waals surface area contributed by atoms with Crippen molar-refractivity contribution in [1.29, 1.82) is 0 Å². The van der Waals surface area contributed by atoms with E-state index in [1.165, 1.54) is 18.3 Å². The first kappa shape index (κ1) is 27.0. The predicted molar refractivity (Wildman–Crippen MR) is 134 cm³/mol. The van der Waals surface area contributed by atoms with Crippen LogP contribution in [0.5, 0.6) is 0 Å². The number of hydrogen-bond donors (Lipinski definition) is 1. The number of alkyl halides is 3. The molecule has 12 heteroatoms. The fourth-order valence-corrected chi connectivity index (χ4v) is 3.93. The van der Waals surface area contributed by atoms with Crippen LogP contribution in [0.4, 0.5) is 29.5 Å². The average Bonchev–Trinajstić information content (AvgIpc) is 3.39. The fourth-order valence-electron chi connectivity index (χ4n) is 3.93. The Morgan fingerprint density at radius 2 is 1.79 bits per heavy atom. The number of carbonyl (C=O) groups is 2. The standard InChI is InChI=1S/C26H28F3N5O4/c1-2-3-7-16-37-25(36)34-14-12-33(13-15-34)20-11-10-19(17-30-20)31-23(35)21-22(26(27,28)29)38-24(32-21)18-8-5-4-6-9-18/h4-6,8-11,17H,2-3,7,12-16H2,1H3,(H,31,35). The lowest BCUT2D eigenvalue weighted by Crippen LogP contribution is -2.49. The van der Waals surface area contributed by atoms with Crippen molar-refractivity contribution in [2.45, 2.75) is 32.4 Å². The summed E-state index contributed by atoms with van der Waals surface area (Å²) in [5, 5.41) is 2.40. The van der Waals surface area contributed by atoms with Crippen LogP contribution in [0.1, 0.15) is 42.4 Å². The number of nitrogens with one attached hydrogen (secondary N) is 1. The third-order valence-electron chi connectivity index (χ3n) is 5.96. The van der Waals surface area contributed by atoms with E-state index in [0.717, 1.165) is 19.3 Å². The average molecular weight is 532 g/mol. The van der Waals surface area contributed by atoms with Gasteiger partial charge < -0.3 is 24.3 Å². The predicted octanol–water partition coefficient (Wildman–Crippen LogP) is 5.46. The summed E-state index contributed by atoms with van der Waals surface area (Å²) in [4.78, 5) is 36.6. The van der Waals surface area contributed by atoms with Crippen LogP contribution in [0.25, 0.3) is 11.5 Å². The third kappa shape index (κ3) is 6.61. The van der Waals surface area contributed by atoms with Gasteiger partial charge in [0.2, 0.25) is 11.7 Å². The summed E-state index contributed by atoms with van der Waals surface area (Å²) < 4.78 is 50.8. The molecule has 3 aromatic rings. The van der Waals surface area contributed by atoms with Gasteiger partial charge in [-0.3, -0.25) is 4.79 Å². The van der Waals surface area contributed by atoms with Crippen LogP contribution in [0.3, 0.4) is 0 Å². The Bertz CT molecular complexity index is 1220. The van der Waals surface area contributed by atoms with E-state index in [1.807, 2.05) is 4.90 Å². The van der Waals surface area contributed by atoms with Gasteiger partial charge in [-0.15, -0.1) is 0 Å². The molecule has 2 aromatic heterocycles. The van der Waals surface area contributed by atoms with Gasteiger partial charge in [0.05, 0.1) is 18.5 Å². The number of ether oxygens (including phenoxy) is 1. The summed E-state index contributed by atoms with van der Waals surface area (Å²) in [6.45, 7) is 4.52. The highest BCUT2D eigenvalue weighted by atomic mass is 19.4. The molecule has 1 N–H and O–H groups in total. The van der Waals surface area contributed by atoms with Gasteiger partial charge in [-0.1, -0.05) is 38.0 Å². The van der Waals surface area contributed by atoms with E-state index < -0.39 is 23.5 Å². The van der Waals surface area contributed by atoms with Crippen molar-refractivity contribution >= 4 is 23.5 Å². The van der Waals surface area contributed by atoms with E-state index in [0.29, 0.717) is 44.2 Å². The molecule has 9 nitrogen and oxygen atoms in total. The van der Waals surface area contributed by atoms with Crippen molar-refractivity contribution in [2.24, 2.45) is 0 Å². The van der Waals surface area contributed by atoms with Gasteiger partial charge in [0.1, 0.15) is 5.82 Å². The molecule has 1 fully saturated rings. The van der Waals surface area contributed by atoms with Gasteiger partial charge in [0.25, 0.3) is 5.91 Å². The molecule has 0 bridgehead atoms. The minimum absolute atomic E-state index is 0.199. The Kier molecular flexibility index (Phi) is 8.49. The van der Waals surface area contributed by atoms with Crippen LogP contribution in [0.15, 0.2) is 53.1 Å². The van der Waals surface area contributed by atoms with Gasteiger partial charge in [0.15, 0.2) is 5.69 Å². The molecule has 0 radical (unpaired) electrons. The smallest absolute Gasteiger partial charge is 0.449 e. The highest BCUT2D eigenvalue weighted by Gasteiger charge is 2.42. The first-order chi connectivity index (χ1) is 18.3. The van der Waals surface area contributed by atoms with Crippen LogP contribution in [-0.2, 0) is 10.9 Å². The Balaban J connectivity index is 1.36. The second-order valence-corrected chi connectivity index (χ2v) is 8.72. The first-order valence-electron chi connectivity index (χ1n) is 12.3. The molecule has 38 heavy (non-hydrogen) atoms. The summed E-state index contributed by atoms with van der Waals surface area (Å²) in [6.07, 6.45) is -0.966. The topological polar surface area (TPSA) is 101 Å². The third-order valence-corrected chi connectivity index (χ3v) is 5.96. The number of halogens is 3. The maximum absolute atomic E-state index is 13.5. The summed E-state index contributed by atoms with van der Waals surface area (Å²) >= 11 is 0. The second kappa shape index (κ2) is 12.0. The SMILES string of the molecule is CCCCCOC(=O)N1CCN(c2ccc(NC(=O)c3nc(-c4ccccc4)oc3C(F)(F)F)cn2)CC1. The van der Waals surface area contributed by atoms with Crippen molar-refractivity contribution in [3.63, 3.8) is 0 Å². The fraction of sp³-hybridized carbons (Fsp3) is 0.385. The van der Waals surface area contributed by atoms with Crippen molar-refractivity contribution < 1.29 is 31.9 Å². The number of rotatable bonds is 8. The normalized spacial score (nSPS) is 13.9. The van der Waals surface area contributed by atoms with Gasteiger partial charge in [-0.05, 0) is 30.7 Å². The first-order valence-corrected chi connectivity index (χ1v) is 12.3. The molecule has 1 aromatic carbocycles. The number of aromatic nitrogens is 2. The summed E-state index contributed by atoms with van der Waals surface area (Å²) in [7, 11) is 0. The Hall–Kier alpha value is -4.09. The van der Waals surface area contributed by atoms with Crippen molar-refractivity contribution in [2.75, 3.05) is 43.0 Å². The molecule has 0 saturated carbocycles. The van der Waals surface area contributed by atoms with Crippen molar-refractivity contribution in [3.05, 3.63) is 60.1 Å². The van der Waals surface area contributed by atoms with E-state index in [2.05, 4.69) is 22.2 Å². The lowest BCUT2D eigenvalue weighted by molar-refractivity contribution is -0.153. The number of oxazole rings is 1. The van der Waals surface area contributed by atoms with E-state index in [9.17, 15) is 22.8 Å². The van der Waals surface area contributed by atoms with Crippen LogP contribution in [-0.4, -0.2) is 59.7 Å². The van der Waals surface area contributed by atoms with E-state index in [4.69, 9.17) is 9.15 Å². The van der Waals surface area contributed by atoms with Crippen LogP contribution in [0, 0.1) is 0 Å². The van der Waals surface area contributed by atoms with Crippen molar-refractivity contribution in [1.82, 2.24) is 14.9 Å². The number of hydrogen-bond acceptors (Lipinski definition) is 7. The quantitative estimate of drug-likeness (QED) is 0.386. The molecule has 202 valence electrons. The zero-order valence-corrected chi connectivity index (χ0v) is 20.8. The van der Waals surface area contributed by atoms with Gasteiger partial charge in [0, 0.05) is 31.7 Å². The van der Waals surface area contributed by atoms with Crippen molar-refractivity contribution in [3.8, 4) is 11.5 Å². The molecule has 2 amide bonds. The number of unbranched alkanes of at least 4 members (excludes halogenated alkanes) is 2. The maximum Gasteiger partial charge on any atom is 0.452 e.